The lowest BCUT2D eigenvalue weighted by atomic mass is 9.78. The highest BCUT2D eigenvalue weighted by molar-refractivity contribution is 6.35. The molecule has 0 N–H and O–H groups in total. The van der Waals surface area contributed by atoms with Crippen LogP contribution in [0.1, 0.15) is 91.4 Å². The van der Waals surface area contributed by atoms with Crippen molar-refractivity contribution in [2.24, 2.45) is 0 Å². The summed E-state index contributed by atoms with van der Waals surface area (Å²) >= 11 is 0. The number of imide groups is 2. The van der Waals surface area contributed by atoms with Crippen LogP contribution in [0.3, 0.4) is 0 Å². The van der Waals surface area contributed by atoms with Gasteiger partial charge in [0.15, 0.2) is 0 Å². The number of hydrogen-bond acceptors (Lipinski definition) is 9. The maximum atomic E-state index is 13.6. The van der Waals surface area contributed by atoms with Crippen molar-refractivity contribution in [1.82, 2.24) is 0 Å². The number of benzene rings is 6. The van der Waals surface area contributed by atoms with E-state index in [0.29, 0.717) is 70.7 Å². The number of amides is 4. The van der Waals surface area contributed by atoms with E-state index in [2.05, 4.69) is 33.6 Å². The highest BCUT2D eigenvalue weighted by Crippen LogP contribution is 2.37. The SMILES string of the molecule is C=C(C)C(=C)OCCc1ccc(N2C(=O)c3ccc(Oc4ccc(C(C)(C)c5ccc(Oc6ccc7c(c6)C(=O)N(c6ccc(CCOC(=O)C(=C)C)cc6)C7=O)cc5)cc4)cc3C2=O)cc1. The number of rotatable bonds is 17. The summed E-state index contributed by atoms with van der Waals surface area (Å²) in [5, 5.41) is 0. The number of carbonyl (C=O) groups is 5. The third kappa shape index (κ3) is 9.44. The summed E-state index contributed by atoms with van der Waals surface area (Å²) in [5.74, 6) is 0.369. The van der Waals surface area contributed by atoms with Gasteiger partial charge in [0, 0.05) is 23.8 Å². The average Bonchev–Trinajstić information content (AvgIpc) is 3.72. The van der Waals surface area contributed by atoms with E-state index in [4.69, 9.17) is 18.9 Å². The topological polar surface area (TPSA) is 129 Å². The molecule has 11 nitrogen and oxygen atoms in total. The van der Waals surface area contributed by atoms with Gasteiger partial charge in [0.05, 0.1) is 46.8 Å². The van der Waals surface area contributed by atoms with Crippen molar-refractivity contribution in [2.75, 3.05) is 23.0 Å². The summed E-state index contributed by atoms with van der Waals surface area (Å²) in [5.41, 5.74) is 6.64. The molecule has 0 aliphatic carbocycles. The largest absolute Gasteiger partial charge is 0.494 e. The van der Waals surface area contributed by atoms with Crippen LogP contribution < -0.4 is 19.3 Å². The van der Waals surface area contributed by atoms with E-state index >= 15 is 0 Å². The first-order valence-corrected chi connectivity index (χ1v) is 21.7. The lowest BCUT2D eigenvalue weighted by Gasteiger charge is -2.26. The predicted molar refractivity (Wildman–Crippen MR) is 256 cm³/mol. The zero-order valence-corrected chi connectivity index (χ0v) is 37.7. The van der Waals surface area contributed by atoms with Crippen LogP contribution in [0.25, 0.3) is 0 Å². The Morgan fingerprint density at radius 1 is 0.478 bits per heavy atom. The van der Waals surface area contributed by atoms with Crippen molar-refractivity contribution in [2.45, 2.75) is 46.0 Å². The van der Waals surface area contributed by atoms with Gasteiger partial charge in [0.25, 0.3) is 23.6 Å². The third-order valence-corrected chi connectivity index (χ3v) is 11.8. The second-order valence-corrected chi connectivity index (χ2v) is 17.0. The molecule has 0 bridgehead atoms. The average molecular weight is 893 g/mol. The minimum Gasteiger partial charge on any atom is -0.494 e. The van der Waals surface area contributed by atoms with Crippen LogP contribution >= 0.6 is 0 Å². The number of carbonyl (C=O) groups excluding carboxylic acids is 5. The predicted octanol–water partition coefficient (Wildman–Crippen LogP) is 11.5. The normalized spacial score (nSPS) is 13.0. The Morgan fingerprint density at radius 2 is 0.851 bits per heavy atom. The lowest BCUT2D eigenvalue weighted by Crippen LogP contribution is -2.29. The Hall–Kier alpha value is -8.31. The number of ether oxygens (including phenoxy) is 4. The van der Waals surface area contributed by atoms with Crippen molar-refractivity contribution in [3.05, 3.63) is 215 Å². The molecule has 0 saturated carbocycles. The van der Waals surface area contributed by atoms with Gasteiger partial charge < -0.3 is 18.9 Å². The lowest BCUT2D eigenvalue weighted by molar-refractivity contribution is -0.138. The maximum absolute atomic E-state index is 13.6. The molecule has 67 heavy (non-hydrogen) atoms. The molecule has 0 unspecified atom stereocenters. The van der Waals surface area contributed by atoms with Crippen molar-refractivity contribution < 1.29 is 42.9 Å². The van der Waals surface area contributed by atoms with Gasteiger partial charge in [-0.3, -0.25) is 19.2 Å². The molecular formula is C56H48N2O9. The van der Waals surface area contributed by atoms with Crippen molar-refractivity contribution in [3.63, 3.8) is 0 Å². The van der Waals surface area contributed by atoms with Crippen molar-refractivity contribution in [3.8, 4) is 23.0 Å². The molecule has 4 amide bonds. The third-order valence-electron chi connectivity index (χ3n) is 11.8. The van der Waals surface area contributed by atoms with Crippen LogP contribution in [0.4, 0.5) is 11.4 Å². The Kier molecular flexibility index (Phi) is 12.6. The van der Waals surface area contributed by atoms with Gasteiger partial charge in [0.1, 0.15) is 28.8 Å². The molecule has 0 spiro atoms. The molecular weight excluding hydrogens is 845 g/mol. The van der Waals surface area contributed by atoms with Gasteiger partial charge in [-0.1, -0.05) is 82.1 Å². The Bertz CT molecular complexity index is 2780. The standard InChI is InChI=1S/C56H48N2O9/c1-34(2)36(5)64-30-28-37-8-16-41(17-9-37)57-51(59)47-26-24-45(32-49(47)53(57)61)66-43-20-12-39(13-21-43)56(6,7)40-14-22-44(23-15-40)67-46-25-27-48-50(33-46)54(62)58(52(48)60)42-18-10-38(11-19-42)29-31-65-55(63)35(3)4/h8-27,32-33H,1,3,5,28-31H2,2,4,6-7H3. The van der Waals surface area contributed by atoms with E-state index < -0.39 is 35.0 Å². The highest BCUT2D eigenvalue weighted by Gasteiger charge is 2.38. The van der Waals surface area contributed by atoms with Crippen LogP contribution in [-0.2, 0) is 32.5 Å². The second-order valence-electron chi connectivity index (χ2n) is 17.0. The number of anilines is 2. The van der Waals surface area contributed by atoms with Gasteiger partial charge >= 0.3 is 5.97 Å². The fraction of sp³-hybridized carbons (Fsp3) is 0.161. The summed E-state index contributed by atoms with van der Waals surface area (Å²) in [6, 6.07) is 39.4. The minimum atomic E-state index is -0.452. The molecule has 0 aromatic heterocycles. The fourth-order valence-corrected chi connectivity index (χ4v) is 7.78. The number of hydrogen-bond donors (Lipinski definition) is 0. The van der Waals surface area contributed by atoms with Gasteiger partial charge in [-0.2, -0.15) is 0 Å². The monoisotopic (exact) mass is 892 g/mol. The van der Waals surface area contributed by atoms with E-state index in [-0.39, 0.29) is 23.3 Å². The van der Waals surface area contributed by atoms with Crippen molar-refractivity contribution >= 4 is 41.0 Å². The van der Waals surface area contributed by atoms with Crippen LogP contribution in [0.2, 0.25) is 0 Å². The molecule has 2 aliphatic heterocycles. The second kappa shape index (κ2) is 18.7. The summed E-state index contributed by atoms with van der Waals surface area (Å²) < 4.78 is 23.1. The molecule has 0 saturated heterocycles. The molecule has 6 aromatic rings. The fourth-order valence-electron chi connectivity index (χ4n) is 7.78. The number of fused-ring (bicyclic) bond motifs is 2. The maximum Gasteiger partial charge on any atom is 0.333 e. The van der Waals surface area contributed by atoms with E-state index in [1.807, 2.05) is 67.6 Å². The number of nitrogens with zero attached hydrogens (tertiary/aromatic N) is 2. The van der Waals surface area contributed by atoms with Crippen LogP contribution in [0, 0.1) is 0 Å². The first-order valence-electron chi connectivity index (χ1n) is 21.7. The van der Waals surface area contributed by atoms with Crippen LogP contribution in [-0.4, -0.2) is 42.8 Å². The molecule has 2 aliphatic rings. The van der Waals surface area contributed by atoms with Crippen LogP contribution in [0.5, 0.6) is 23.0 Å². The molecule has 6 aromatic carbocycles. The van der Waals surface area contributed by atoms with E-state index in [1.165, 1.54) is 4.90 Å². The summed E-state index contributed by atoms with van der Waals surface area (Å²) in [7, 11) is 0. The molecule has 336 valence electrons. The molecule has 11 heteroatoms. The number of esters is 1. The quantitative estimate of drug-likeness (QED) is 0.0289. The zero-order chi connectivity index (χ0) is 47.6. The number of allylic oxidation sites excluding steroid dienone is 1. The van der Waals surface area contributed by atoms with Crippen LogP contribution in [0.15, 0.2) is 170 Å². The van der Waals surface area contributed by atoms with Gasteiger partial charge in [-0.25, -0.2) is 14.6 Å². The first kappa shape index (κ1) is 45.3. The molecule has 0 radical (unpaired) electrons. The van der Waals surface area contributed by atoms with Gasteiger partial charge in [-0.15, -0.1) is 0 Å². The smallest absolute Gasteiger partial charge is 0.333 e. The molecule has 0 atom stereocenters. The Labute approximate surface area is 389 Å². The van der Waals surface area contributed by atoms with Gasteiger partial charge in [-0.05, 0) is 127 Å². The molecule has 0 fully saturated rings. The highest BCUT2D eigenvalue weighted by atomic mass is 16.5. The zero-order valence-electron chi connectivity index (χ0n) is 37.7. The minimum absolute atomic E-state index is 0.187. The Balaban J connectivity index is 0.867. The van der Waals surface area contributed by atoms with E-state index in [0.717, 1.165) is 32.7 Å². The van der Waals surface area contributed by atoms with Gasteiger partial charge in [0.2, 0.25) is 0 Å². The van der Waals surface area contributed by atoms with E-state index in [9.17, 15) is 24.0 Å². The summed E-state index contributed by atoms with van der Waals surface area (Å²) in [4.78, 5) is 67.8. The molecule has 2 heterocycles. The molecule has 8 rings (SSSR count). The van der Waals surface area contributed by atoms with Crippen molar-refractivity contribution in [1.29, 1.82) is 0 Å². The first-order chi connectivity index (χ1) is 32.1. The summed E-state index contributed by atoms with van der Waals surface area (Å²) in [6.07, 6.45) is 1.11. The Morgan fingerprint density at radius 3 is 1.24 bits per heavy atom. The summed E-state index contributed by atoms with van der Waals surface area (Å²) in [6.45, 7) is 19.5. The van der Waals surface area contributed by atoms with E-state index in [1.54, 1.807) is 79.7 Å².